The highest BCUT2D eigenvalue weighted by Gasteiger charge is 2.33. The summed E-state index contributed by atoms with van der Waals surface area (Å²) in [5.41, 5.74) is -0.422. The molecule has 2 heterocycles. The van der Waals surface area contributed by atoms with E-state index in [0.717, 1.165) is 24.6 Å². The predicted molar refractivity (Wildman–Crippen MR) is 109 cm³/mol. The minimum Gasteiger partial charge on any atom is -0.484 e. The van der Waals surface area contributed by atoms with Gasteiger partial charge in [0.2, 0.25) is 0 Å². The lowest BCUT2D eigenvalue weighted by Crippen LogP contribution is -2.20. The van der Waals surface area contributed by atoms with E-state index in [0.29, 0.717) is 24.4 Å². The van der Waals surface area contributed by atoms with Crippen LogP contribution >= 0.6 is 0 Å². The minimum atomic E-state index is -4.61. The second kappa shape index (κ2) is 9.49. The van der Waals surface area contributed by atoms with Gasteiger partial charge in [-0.1, -0.05) is 19.1 Å². The summed E-state index contributed by atoms with van der Waals surface area (Å²) in [6.45, 7) is 3.54. The van der Waals surface area contributed by atoms with Crippen molar-refractivity contribution < 1.29 is 26.7 Å². The van der Waals surface area contributed by atoms with Crippen molar-refractivity contribution in [2.24, 2.45) is 0 Å². The summed E-state index contributed by atoms with van der Waals surface area (Å²) in [4.78, 5) is 0. The average molecular weight is 438 g/mol. The van der Waals surface area contributed by atoms with Crippen LogP contribution in [0.5, 0.6) is 5.75 Å². The first-order chi connectivity index (χ1) is 14.7. The summed E-state index contributed by atoms with van der Waals surface area (Å²) >= 11 is 0. The Labute approximate surface area is 177 Å². The van der Waals surface area contributed by atoms with Crippen molar-refractivity contribution in [1.29, 1.82) is 0 Å². The van der Waals surface area contributed by atoms with Crippen molar-refractivity contribution in [3.63, 3.8) is 0 Å². The Morgan fingerprint density at radius 1 is 1.26 bits per heavy atom. The van der Waals surface area contributed by atoms with Crippen molar-refractivity contribution in [2.45, 2.75) is 51.9 Å². The van der Waals surface area contributed by atoms with Crippen LogP contribution in [0.2, 0.25) is 0 Å². The molecule has 8 heteroatoms. The van der Waals surface area contributed by atoms with Crippen LogP contribution in [-0.2, 0) is 6.54 Å². The van der Waals surface area contributed by atoms with E-state index in [-0.39, 0.29) is 23.5 Å². The molecule has 1 atom stereocenters. The van der Waals surface area contributed by atoms with E-state index < -0.39 is 23.7 Å². The second-order valence-electron chi connectivity index (χ2n) is 7.14. The van der Waals surface area contributed by atoms with E-state index in [9.17, 15) is 22.0 Å². The third-order valence-corrected chi connectivity index (χ3v) is 4.91. The number of fused-ring (bicyclic) bond motifs is 1. The highest BCUT2D eigenvalue weighted by atomic mass is 19.4. The summed E-state index contributed by atoms with van der Waals surface area (Å²) in [5.74, 6) is -0.721. The molecule has 166 valence electrons. The predicted octanol–water partition coefficient (Wildman–Crippen LogP) is 7.09. The Hall–Kier alpha value is -2.90. The molecular formula is C23H23F5N2O. The average Bonchev–Trinajstić information content (AvgIpc) is 3.16. The molecule has 3 rings (SSSR count). The number of allylic oxidation sites excluding steroid dienone is 6. The molecular weight excluding hydrogens is 415 g/mol. The number of benzene rings is 1. The number of nitrogens with zero attached hydrogens (tertiary/aromatic N) is 2. The van der Waals surface area contributed by atoms with E-state index >= 15 is 0 Å². The third kappa shape index (κ3) is 5.42. The zero-order valence-corrected chi connectivity index (χ0v) is 17.2. The first-order valence-electron chi connectivity index (χ1n) is 10.0. The maximum atomic E-state index is 14.6. The molecule has 0 spiro atoms. The molecule has 2 aromatic rings. The number of alkyl halides is 3. The Kier molecular flexibility index (Phi) is 6.97. The van der Waals surface area contributed by atoms with E-state index in [4.69, 9.17) is 4.74 Å². The molecule has 0 amide bonds. The molecule has 1 unspecified atom stereocenters. The maximum absolute atomic E-state index is 14.6. The molecule has 31 heavy (non-hydrogen) atoms. The minimum absolute atomic E-state index is 0.103. The lowest BCUT2D eigenvalue weighted by molar-refractivity contribution is -0.0883. The van der Waals surface area contributed by atoms with Crippen molar-refractivity contribution >= 4 is 5.57 Å². The van der Waals surface area contributed by atoms with Crippen LogP contribution in [0.3, 0.4) is 0 Å². The zero-order chi connectivity index (χ0) is 22.6. The van der Waals surface area contributed by atoms with Gasteiger partial charge in [-0.2, -0.15) is 18.3 Å². The lowest BCUT2D eigenvalue weighted by atomic mass is 10.0. The Morgan fingerprint density at radius 3 is 2.58 bits per heavy atom. The maximum Gasteiger partial charge on any atom is 0.416 e. The van der Waals surface area contributed by atoms with Gasteiger partial charge in [-0.05, 0) is 62.6 Å². The standard InChI is InChI=1S/C23H23F5N2O/c1-3-6-15(23(26,27)28)13-18(19(25)4-2)20-14-21-22(7-5-12-30(21)29-20)31-17-10-8-16(24)9-11-17/h4,6,8-11,13-14,22H,3,5,7,12H2,1-2H3/b15-6-,18-13+,19-4+. The lowest BCUT2D eigenvalue weighted by Gasteiger charge is -2.24. The number of halogens is 5. The fourth-order valence-corrected chi connectivity index (χ4v) is 3.42. The van der Waals surface area contributed by atoms with Crippen LogP contribution in [0.4, 0.5) is 22.0 Å². The number of rotatable bonds is 6. The normalized spacial score (nSPS) is 18.2. The number of aryl methyl sites for hydroxylation is 1. The van der Waals surface area contributed by atoms with Gasteiger partial charge < -0.3 is 4.74 Å². The number of aromatic nitrogens is 2. The largest absolute Gasteiger partial charge is 0.484 e. The van der Waals surface area contributed by atoms with E-state index in [1.807, 2.05) is 0 Å². The van der Waals surface area contributed by atoms with Crippen molar-refractivity contribution in [3.8, 4) is 5.75 Å². The smallest absolute Gasteiger partial charge is 0.416 e. The van der Waals surface area contributed by atoms with Crippen LogP contribution in [0.25, 0.3) is 5.57 Å². The van der Waals surface area contributed by atoms with Crippen LogP contribution in [0, 0.1) is 5.82 Å². The Morgan fingerprint density at radius 2 is 1.97 bits per heavy atom. The molecule has 3 nitrogen and oxygen atoms in total. The van der Waals surface area contributed by atoms with Crippen LogP contribution < -0.4 is 4.74 Å². The molecule has 1 aromatic heterocycles. The van der Waals surface area contributed by atoms with Crippen LogP contribution in [0.15, 0.2) is 60.0 Å². The monoisotopic (exact) mass is 438 g/mol. The van der Waals surface area contributed by atoms with Gasteiger partial charge in [-0.15, -0.1) is 0 Å². The highest BCUT2D eigenvalue weighted by molar-refractivity contribution is 5.77. The first kappa shape index (κ1) is 22.8. The molecule has 0 bridgehead atoms. The molecule has 1 aliphatic heterocycles. The van der Waals surface area contributed by atoms with Crippen molar-refractivity contribution in [2.75, 3.05) is 0 Å². The zero-order valence-electron chi connectivity index (χ0n) is 17.2. The van der Waals surface area contributed by atoms with Gasteiger partial charge in [0.25, 0.3) is 0 Å². The van der Waals surface area contributed by atoms with Crippen LogP contribution in [-0.4, -0.2) is 16.0 Å². The van der Waals surface area contributed by atoms with Gasteiger partial charge in [0.05, 0.1) is 17.0 Å². The van der Waals surface area contributed by atoms with Crippen LogP contribution in [0.1, 0.15) is 50.6 Å². The highest BCUT2D eigenvalue weighted by Crippen LogP contribution is 2.36. The van der Waals surface area contributed by atoms with Gasteiger partial charge >= 0.3 is 6.18 Å². The molecule has 1 aromatic carbocycles. The Balaban J connectivity index is 1.99. The molecule has 0 radical (unpaired) electrons. The van der Waals surface area contributed by atoms with Gasteiger partial charge in [-0.3, -0.25) is 4.68 Å². The second-order valence-corrected chi connectivity index (χ2v) is 7.14. The molecule has 0 N–H and O–H groups in total. The van der Waals surface area contributed by atoms with E-state index in [2.05, 4.69) is 5.10 Å². The first-order valence-corrected chi connectivity index (χ1v) is 10.0. The summed E-state index contributed by atoms with van der Waals surface area (Å²) in [5, 5.41) is 4.35. The Bertz CT molecular complexity index is 1000. The molecule has 0 saturated carbocycles. The molecule has 1 aliphatic rings. The number of hydrogen-bond acceptors (Lipinski definition) is 2. The summed E-state index contributed by atoms with van der Waals surface area (Å²) in [6.07, 6.45) is -0.583. The van der Waals surface area contributed by atoms with Gasteiger partial charge in [0, 0.05) is 12.1 Å². The fraction of sp³-hybridized carbons (Fsp3) is 0.348. The molecule has 0 aliphatic carbocycles. The summed E-state index contributed by atoms with van der Waals surface area (Å²) < 4.78 is 75.5. The quantitative estimate of drug-likeness (QED) is 0.356. The SMILES string of the molecule is C\C=C(F)/C(=C\C(=C\CC)C(F)(F)F)c1cc2n(n1)CCCC2Oc1ccc(F)cc1. The summed E-state index contributed by atoms with van der Waals surface area (Å²) in [6, 6.07) is 7.12. The number of hydrogen-bond donors (Lipinski definition) is 0. The fourth-order valence-electron chi connectivity index (χ4n) is 3.42. The third-order valence-electron chi connectivity index (χ3n) is 4.91. The molecule has 0 fully saturated rings. The topological polar surface area (TPSA) is 27.1 Å². The van der Waals surface area contributed by atoms with Crippen molar-refractivity contribution in [3.05, 3.63) is 77.2 Å². The van der Waals surface area contributed by atoms with E-state index in [1.165, 1.54) is 31.2 Å². The number of ether oxygens (including phenoxy) is 1. The summed E-state index contributed by atoms with van der Waals surface area (Å²) in [7, 11) is 0. The van der Waals surface area contributed by atoms with Gasteiger partial charge in [0.1, 0.15) is 23.5 Å². The molecule has 0 saturated heterocycles. The van der Waals surface area contributed by atoms with E-state index in [1.54, 1.807) is 17.7 Å². The van der Waals surface area contributed by atoms with Gasteiger partial charge in [0.15, 0.2) is 0 Å². The van der Waals surface area contributed by atoms with Gasteiger partial charge in [-0.25, -0.2) is 8.78 Å². The van der Waals surface area contributed by atoms with Crippen molar-refractivity contribution in [1.82, 2.24) is 9.78 Å².